The van der Waals surface area contributed by atoms with Crippen LogP contribution in [0.3, 0.4) is 0 Å². The van der Waals surface area contributed by atoms with Gasteiger partial charge in [-0.25, -0.2) is 0 Å². The fraction of sp³-hybridized carbons (Fsp3) is 0.611. The first kappa shape index (κ1) is 16.8. The number of nitrogens with zero attached hydrogens (tertiary/aromatic N) is 7. The maximum absolute atomic E-state index is 5.43. The molecule has 2 aliphatic heterocycles. The van der Waals surface area contributed by atoms with Gasteiger partial charge >= 0.3 is 0 Å². The molecule has 9 nitrogen and oxygen atoms in total. The number of hydrogen-bond acceptors (Lipinski definition) is 8. The molecule has 2 aliphatic rings. The third kappa shape index (κ3) is 3.32. The van der Waals surface area contributed by atoms with E-state index in [9.17, 15) is 0 Å². The third-order valence-corrected chi connectivity index (χ3v) is 5.50. The molecule has 0 amide bonds. The van der Waals surface area contributed by atoms with Crippen molar-refractivity contribution in [1.82, 2.24) is 34.9 Å². The molecule has 1 unspecified atom stereocenters. The molecule has 0 aromatic carbocycles. The van der Waals surface area contributed by atoms with Crippen molar-refractivity contribution in [1.29, 1.82) is 0 Å². The molecule has 0 spiro atoms. The molecule has 0 N–H and O–H groups in total. The van der Waals surface area contributed by atoms with Gasteiger partial charge in [-0.15, -0.1) is 10.2 Å². The standard InChI is InChI=1S/C18H23N7O2/c1-12-2-3-16-20-21-17(25(16)22-12)13-4-7-24(8-5-13)10-15-19-18(27-23-15)14-6-9-26-11-14/h2-3,13-14H,4-11H2,1H3. The molecule has 142 valence electrons. The van der Waals surface area contributed by atoms with Gasteiger partial charge in [-0.1, -0.05) is 5.16 Å². The average molecular weight is 369 g/mol. The zero-order valence-corrected chi connectivity index (χ0v) is 15.4. The molecule has 2 saturated heterocycles. The molecule has 2 fully saturated rings. The van der Waals surface area contributed by atoms with Crippen molar-refractivity contribution in [2.75, 3.05) is 26.3 Å². The second-order valence-corrected chi connectivity index (χ2v) is 7.46. The van der Waals surface area contributed by atoms with Crippen molar-refractivity contribution in [3.8, 4) is 0 Å². The maximum Gasteiger partial charge on any atom is 0.232 e. The van der Waals surface area contributed by atoms with Gasteiger partial charge in [0.25, 0.3) is 0 Å². The third-order valence-electron chi connectivity index (χ3n) is 5.50. The van der Waals surface area contributed by atoms with Crippen LogP contribution in [0.4, 0.5) is 0 Å². The van der Waals surface area contributed by atoms with Crippen molar-refractivity contribution < 1.29 is 9.26 Å². The van der Waals surface area contributed by atoms with Gasteiger partial charge in [0, 0.05) is 12.5 Å². The SMILES string of the molecule is Cc1ccc2nnc(C3CCN(Cc4noc(C5CCOC5)n4)CC3)n2n1. The van der Waals surface area contributed by atoms with E-state index in [1.165, 1.54) is 0 Å². The van der Waals surface area contributed by atoms with Crippen LogP contribution in [0.1, 0.15) is 54.3 Å². The van der Waals surface area contributed by atoms with Crippen LogP contribution in [-0.4, -0.2) is 61.2 Å². The van der Waals surface area contributed by atoms with E-state index in [0.717, 1.165) is 68.5 Å². The number of likely N-dealkylation sites (tertiary alicyclic amines) is 1. The Balaban J connectivity index is 1.22. The van der Waals surface area contributed by atoms with E-state index < -0.39 is 0 Å². The van der Waals surface area contributed by atoms with Crippen LogP contribution in [0.25, 0.3) is 5.65 Å². The number of aryl methyl sites for hydroxylation is 1. The number of ether oxygens (including phenoxy) is 1. The average Bonchev–Trinajstić information content (AvgIpc) is 3.42. The van der Waals surface area contributed by atoms with Crippen LogP contribution in [0.2, 0.25) is 0 Å². The van der Waals surface area contributed by atoms with Gasteiger partial charge in [0.2, 0.25) is 5.89 Å². The highest BCUT2D eigenvalue weighted by molar-refractivity contribution is 5.36. The second kappa shape index (κ2) is 6.97. The summed E-state index contributed by atoms with van der Waals surface area (Å²) in [7, 11) is 0. The van der Waals surface area contributed by atoms with E-state index in [0.29, 0.717) is 18.4 Å². The lowest BCUT2D eigenvalue weighted by Gasteiger charge is -2.29. The highest BCUT2D eigenvalue weighted by Gasteiger charge is 2.27. The zero-order chi connectivity index (χ0) is 18.2. The van der Waals surface area contributed by atoms with Gasteiger partial charge in [0.15, 0.2) is 17.3 Å². The lowest BCUT2D eigenvalue weighted by atomic mass is 9.96. The fourth-order valence-corrected chi connectivity index (χ4v) is 3.93. The summed E-state index contributed by atoms with van der Waals surface area (Å²) in [4.78, 5) is 6.94. The number of hydrogen-bond donors (Lipinski definition) is 0. The maximum atomic E-state index is 5.43. The Hall–Kier alpha value is -2.39. The Morgan fingerprint density at radius 3 is 2.81 bits per heavy atom. The number of fused-ring (bicyclic) bond motifs is 1. The predicted molar refractivity (Wildman–Crippen MR) is 95.2 cm³/mol. The Morgan fingerprint density at radius 1 is 1.11 bits per heavy atom. The quantitative estimate of drug-likeness (QED) is 0.686. The first-order chi connectivity index (χ1) is 13.3. The minimum Gasteiger partial charge on any atom is -0.381 e. The molecular weight excluding hydrogens is 346 g/mol. The van der Waals surface area contributed by atoms with Crippen LogP contribution in [0, 0.1) is 6.92 Å². The molecule has 1 atom stereocenters. The van der Waals surface area contributed by atoms with E-state index in [4.69, 9.17) is 9.26 Å². The Morgan fingerprint density at radius 2 is 2.00 bits per heavy atom. The van der Waals surface area contributed by atoms with Crippen LogP contribution >= 0.6 is 0 Å². The van der Waals surface area contributed by atoms with E-state index >= 15 is 0 Å². The first-order valence-corrected chi connectivity index (χ1v) is 9.58. The molecule has 5 rings (SSSR count). The molecule has 3 aromatic rings. The summed E-state index contributed by atoms with van der Waals surface area (Å²) in [5.41, 5.74) is 1.79. The zero-order valence-electron chi connectivity index (χ0n) is 15.4. The monoisotopic (exact) mass is 369 g/mol. The van der Waals surface area contributed by atoms with Crippen molar-refractivity contribution in [3.63, 3.8) is 0 Å². The topological polar surface area (TPSA) is 94.5 Å². The predicted octanol–water partition coefficient (Wildman–Crippen LogP) is 1.70. The van der Waals surface area contributed by atoms with Crippen molar-refractivity contribution >= 4 is 5.65 Å². The van der Waals surface area contributed by atoms with E-state index in [-0.39, 0.29) is 5.92 Å². The van der Waals surface area contributed by atoms with Crippen molar-refractivity contribution in [2.24, 2.45) is 0 Å². The van der Waals surface area contributed by atoms with Gasteiger partial charge in [-0.2, -0.15) is 14.6 Å². The summed E-state index contributed by atoms with van der Waals surface area (Å²) in [6.45, 7) is 6.13. The summed E-state index contributed by atoms with van der Waals surface area (Å²) < 4.78 is 12.7. The number of piperidine rings is 1. The Bertz CT molecular complexity index is 923. The van der Waals surface area contributed by atoms with Crippen LogP contribution in [-0.2, 0) is 11.3 Å². The molecule has 27 heavy (non-hydrogen) atoms. The molecule has 3 aromatic heterocycles. The van der Waals surface area contributed by atoms with Gasteiger partial charge in [-0.05, 0) is 51.4 Å². The van der Waals surface area contributed by atoms with Crippen LogP contribution in [0.15, 0.2) is 16.7 Å². The molecule has 0 saturated carbocycles. The molecule has 0 bridgehead atoms. The normalized spacial score (nSPS) is 22.0. The summed E-state index contributed by atoms with van der Waals surface area (Å²) >= 11 is 0. The lowest BCUT2D eigenvalue weighted by molar-refractivity contribution is 0.188. The minimum atomic E-state index is 0.258. The first-order valence-electron chi connectivity index (χ1n) is 9.58. The lowest BCUT2D eigenvalue weighted by Crippen LogP contribution is -2.33. The highest BCUT2D eigenvalue weighted by Crippen LogP contribution is 2.28. The van der Waals surface area contributed by atoms with Gasteiger partial charge in [0.05, 0.1) is 24.8 Å². The summed E-state index contributed by atoms with van der Waals surface area (Å²) in [5.74, 6) is 3.09. The largest absolute Gasteiger partial charge is 0.381 e. The molecule has 5 heterocycles. The smallest absolute Gasteiger partial charge is 0.232 e. The van der Waals surface area contributed by atoms with Crippen LogP contribution < -0.4 is 0 Å². The van der Waals surface area contributed by atoms with Crippen LogP contribution in [0.5, 0.6) is 0 Å². The molecule has 0 aliphatic carbocycles. The summed E-state index contributed by atoms with van der Waals surface area (Å²) in [6.07, 6.45) is 3.02. The summed E-state index contributed by atoms with van der Waals surface area (Å²) in [5, 5.41) is 17.4. The second-order valence-electron chi connectivity index (χ2n) is 7.46. The Labute approximate surface area is 156 Å². The van der Waals surface area contributed by atoms with Crippen molar-refractivity contribution in [3.05, 3.63) is 35.4 Å². The highest BCUT2D eigenvalue weighted by atomic mass is 16.5. The van der Waals surface area contributed by atoms with Gasteiger partial charge < -0.3 is 9.26 Å². The number of aromatic nitrogens is 6. The van der Waals surface area contributed by atoms with E-state index in [2.05, 4.69) is 30.3 Å². The number of rotatable bonds is 4. The molecular formula is C18H23N7O2. The van der Waals surface area contributed by atoms with Crippen molar-refractivity contribution in [2.45, 2.75) is 44.6 Å². The Kier molecular flexibility index (Phi) is 4.33. The van der Waals surface area contributed by atoms with E-state index in [1.807, 2.05) is 23.6 Å². The summed E-state index contributed by atoms with van der Waals surface area (Å²) in [6, 6.07) is 3.93. The fourth-order valence-electron chi connectivity index (χ4n) is 3.93. The van der Waals surface area contributed by atoms with Gasteiger partial charge in [-0.3, -0.25) is 4.90 Å². The van der Waals surface area contributed by atoms with Gasteiger partial charge in [0.1, 0.15) is 0 Å². The minimum absolute atomic E-state index is 0.258. The molecule has 0 radical (unpaired) electrons. The molecule has 9 heteroatoms. The van der Waals surface area contributed by atoms with E-state index in [1.54, 1.807) is 0 Å².